The van der Waals surface area contributed by atoms with Crippen LogP contribution in [0.3, 0.4) is 0 Å². The molecule has 0 aromatic rings. The van der Waals surface area contributed by atoms with E-state index < -0.39 is 24.3 Å². The summed E-state index contributed by atoms with van der Waals surface area (Å²) in [7, 11) is 5.95. The SMILES string of the molecule is CC/C=C\C/C=C\C/C=C\C/C=C\CCCCCCCCCCC(=O)OC(COC(=O)CCCCCCCCC/C=C\C/C=C\CCCCCC)COC(OCC[N+](C)(C)C)C(=O)O. The zero-order valence-electron chi connectivity index (χ0n) is 41.7. The number of carbonyl (C=O) groups is 3. The summed E-state index contributed by atoms with van der Waals surface area (Å²) in [6, 6.07) is 0. The summed E-state index contributed by atoms with van der Waals surface area (Å²) in [5.74, 6) is -2.03. The van der Waals surface area contributed by atoms with Gasteiger partial charge in [-0.15, -0.1) is 0 Å². The lowest BCUT2D eigenvalue weighted by molar-refractivity contribution is -0.870. The molecule has 368 valence electrons. The molecular weight excluding hydrogens is 803 g/mol. The van der Waals surface area contributed by atoms with Crippen LogP contribution in [0.1, 0.15) is 200 Å². The summed E-state index contributed by atoms with van der Waals surface area (Å²) in [6.45, 7) is 4.72. The maximum atomic E-state index is 12.8. The Kier molecular flexibility index (Phi) is 43.9. The first kappa shape index (κ1) is 60.7. The number of carboxylic acids is 1. The lowest BCUT2D eigenvalue weighted by Crippen LogP contribution is -2.40. The number of nitrogens with zero attached hydrogens (tertiary/aromatic N) is 1. The number of unbranched alkanes of at least 4 members (excludes halogenated alkanes) is 19. The van der Waals surface area contributed by atoms with Gasteiger partial charge in [-0.05, 0) is 83.5 Å². The van der Waals surface area contributed by atoms with Crippen molar-refractivity contribution >= 4 is 17.9 Å². The molecule has 2 atom stereocenters. The molecule has 0 rings (SSSR count). The second kappa shape index (κ2) is 46.3. The van der Waals surface area contributed by atoms with Crippen molar-refractivity contribution in [3.63, 3.8) is 0 Å². The normalized spacial score (nSPS) is 13.5. The van der Waals surface area contributed by atoms with Crippen LogP contribution < -0.4 is 0 Å². The highest BCUT2D eigenvalue weighted by atomic mass is 16.7. The average molecular weight is 899 g/mol. The molecule has 0 bridgehead atoms. The number of likely N-dealkylation sites (N-methyl/N-ethyl adjacent to an activating group) is 1. The molecule has 64 heavy (non-hydrogen) atoms. The molecular formula is C55H96NO8+. The van der Waals surface area contributed by atoms with Crippen molar-refractivity contribution in [2.24, 2.45) is 0 Å². The highest BCUT2D eigenvalue weighted by Gasteiger charge is 2.25. The van der Waals surface area contributed by atoms with Crippen molar-refractivity contribution in [1.82, 2.24) is 0 Å². The van der Waals surface area contributed by atoms with E-state index in [1.165, 1.54) is 77.0 Å². The Labute approximate surface area is 392 Å². The third-order valence-electron chi connectivity index (χ3n) is 10.7. The average Bonchev–Trinajstić information content (AvgIpc) is 3.26. The van der Waals surface area contributed by atoms with Gasteiger partial charge in [-0.2, -0.15) is 0 Å². The van der Waals surface area contributed by atoms with Gasteiger partial charge in [-0.25, -0.2) is 4.79 Å². The van der Waals surface area contributed by atoms with Crippen LogP contribution in [0.2, 0.25) is 0 Å². The summed E-state index contributed by atoms with van der Waals surface area (Å²) in [5.41, 5.74) is 0. The molecule has 0 heterocycles. The molecule has 0 radical (unpaired) electrons. The molecule has 0 amide bonds. The monoisotopic (exact) mass is 899 g/mol. The van der Waals surface area contributed by atoms with Crippen molar-refractivity contribution in [1.29, 1.82) is 0 Å². The van der Waals surface area contributed by atoms with Gasteiger partial charge in [-0.1, -0.05) is 177 Å². The van der Waals surface area contributed by atoms with Crippen LogP contribution >= 0.6 is 0 Å². The van der Waals surface area contributed by atoms with Crippen LogP contribution in [-0.4, -0.2) is 87.4 Å². The molecule has 9 heteroatoms. The molecule has 0 aliphatic carbocycles. The fourth-order valence-corrected chi connectivity index (χ4v) is 6.74. The van der Waals surface area contributed by atoms with Gasteiger partial charge in [-0.3, -0.25) is 9.59 Å². The minimum atomic E-state index is -1.52. The smallest absolute Gasteiger partial charge is 0.361 e. The molecule has 0 aliphatic heterocycles. The van der Waals surface area contributed by atoms with Gasteiger partial charge in [0.15, 0.2) is 6.10 Å². The predicted molar refractivity (Wildman–Crippen MR) is 267 cm³/mol. The van der Waals surface area contributed by atoms with E-state index in [1.807, 2.05) is 21.1 Å². The third kappa shape index (κ3) is 46.7. The molecule has 0 saturated heterocycles. The number of allylic oxidation sites excluding steroid dienone is 12. The van der Waals surface area contributed by atoms with Gasteiger partial charge in [0.1, 0.15) is 13.2 Å². The number of hydrogen-bond donors (Lipinski definition) is 1. The van der Waals surface area contributed by atoms with Gasteiger partial charge < -0.3 is 28.5 Å². The van der Waals surface area contributed by atoms with Crippen molar-refractivity contribution in [2.75, 3.05) is 47.5 Å². The van der Waals surface area contributed by atoms with Crippen LogP contribution in [0, 0.1) is 0 Å². The Hall–Kier alpha value is -3.27. The molecule has 0 saturated carbocycles. The quantitative estimate of drug-likeness (QED) is 0.0212. The summed E-state index contributed by atoms with van der Waals surface area (Å²) >= 11 is 0. The van der Waals surface area contributed by atoms with E-state index in [1.54, 1.807) is 0 Å². The zero-order chi connectivity index (χ0) is 47.0. The standard InChI is InChI=1S/C55H95NO8/c1-6-8-10-12-14-16-18-20-22-24-26-27-28-30-32-34-36-38-40-42-44-46-53(58)64-51(50-63-55(54(59)60)61-48-47-56(3,4)5)49-62-52(57)45-43-41-39-37-35-33-31-29-25-23-21-19-17-15-13-11-9-7-2/h8,10,14,16-17,19-20,22-23,25-27,51,55H,6-7,9,11-13,15,18,21,24,28-50H2,1-5H3/p+1/b10-8-,16-14-,19-17-,22-20-,25-23-,27-26-. The molecule has 0 aliphatic rings. The van der Waals surface area contributed by atoms with Gasteiger partial charge in [0.05, 0.1) is 34.4 Å². The summed E-state index contributed by atoms with van der Waals surface area (Å²) in [6.07, 6.45) is 55.3. The first-order chi connectivity index (χ1) is 31.1. The van der Waals surface area contributed by atoms with Crippen molar-refractivity contribution < 1.29 is 42.9 Å². The second-order valence-corrected chi connectivity index (χ2v) is 18.1. The molecule has 0 aromatic carbocycles. The van der Waals surface area contributed by atoms with E-state index in [0.29, 0.717) is 17.4 Å². The first-order valence-electron chi connectivity index (χ1n) is 25.6. The Morgan fingerprint density at radius 2 is 0.891 bits per heavy atom. The van der Waals surface area contributed by atoms with Crippen LogP contribution in [0.4, 0.5) is 0 Å². The van der Waals surface area contributed by atoms with Crippen molar-refractivity contribution in [3.05, 3.63) is 72.9 Å². The summed E-state index contributed by atoms with van der Waals surface area (Å²) in [4.78, 5) is 37.3. The molecule has 0 fully saturated rings. The maximum Gasteiger partial charge on any atom is 0.361 e. The van der Waals surface area contributed by atoms with Crippen LogP contribution in [0.5, 0.6) is 0 Å². The van der Waals surface area contributed by atoms with E-state index in [0.717, 1.165) is 89.9 Å². The van der Waals surface area contributed by atoms with E-state index in [4.69, 9.17) is 18.9 Å². The highest BCUT2D eigenvalue weighted by Crippen LogP contribution is 2.14. The Morgan fingerprint density at radius 3 is 1.33 bits per heavy atom. The minimum absolute atomic E-state index is 0.181. The number of hydrogen-bond acceptors (Lipinski definition) is 7. The zero-order valence-corrected chi connectivity index (χ0v) is 41.7. The van der Waals surface area contributed by atoms with Gasteiger partial charge in [0, 0.05) is 12.8 Å². The van der Waals surface area contributed by atoms with Crippen LogP contribution in [-0.2, 0) is 33.3 Å². The van der Waals surface area contributed by atoms with Gasteiger partial charge in [0.25, 0.3) is 6.29 Å². The summed E-state index contributed by atoms with van der Waals surface area (Å²) in [5, 5.41) is 9.67. The number of rotatable bonds is 46. The number of aliphatic carboxylic acids is 1. The lowest BCUT2D eigenvalue weighted by Gasteiger charge is -2.25. The largest absolute Gasteiger partial charge is 0.477 e. The predicted octanol–water partition coefficient (Wildman–Crippen LogP) is 14.3. The highest BCUT2D eigenvalue weighted by molar-refractivity contribution is 5.71. The molecule has 1 N–H and O–H groups in total. The molecule has 9 nitrogen and oxygen atoms in total. The van der Waals surface area contributed by atoms with Gasteiger partial charge in [0.2, 0.25) is 0 Å². The Morgan fingerprint density at radius 1 is 0.484 bits per heavy atom. The van der Waals surface area contributed by atoms with Crippen LogP contribution in [0.15, 0.2) is 72.9 Å². The summed E-state index contributed by atoms with van der Waals surface area (Å²) < 4.78 is 22.8. The number of esters is 2. The molecule has 0 spiro atoms. The van der Waals surface area contributed by atoms with Crippen molar-refractivity contribution in [2.45, 2.75) is 212 Å². The third-order valence-corrected chi connectivity index (χ3v) is 10.7. The number of carbonyl (C=O) groups excluding carboxylic acids is 2. The van der Waals surface area contributed by atoms with E-state index in [9.17, 15) is 19.5 Å². The molecule has 2 unspecified atom stereocenters. The van der Waals surface area contributed by atoms with E-state index >= 15 is 0 Å². The maximum absolute atomic E-state index is 12.8. The number of carboxylic acid groups (broad SMARTS) is 1. The Balaban J connectivity index is 4.38. The second-order valence-electron chi connectivity index (χ2n) is 18.1. The fourth-order valence-electron chi connectivity index (χ4n) is 6.74. The first-order valence-corrected chi connectivity index (χ1v) is 25.6. The topological polar surface area (TPSA) is 108 Å². The number of ether oxygens (including phenoxy) is 4. The van der Waals surface area contributed by atoms with Gasteiger partial charge >= 0.3 is 17.9 Å². The van der Waals surface area contributed by atoms with Crippen LogP contribution in [0.25, 0.3) is 0 Å². The Bertz CT molecular complexity index is 1280. The number of quaternary nitrogens is 1. The molecule has 0 aromatic heterocycles. The van der Waals surface area contributed by atoms with Crippen molar-refractivity contribution in [3.8, 4) is 0 Å². The van der Waals surface area contributed by atoms with E-state index in [-0.39, 0.29) is 38.6 Å². The minimum Gasteiger partial charge on any atom is -0.477 e. The lowest BCUT2D eigenvalue weighted by atomic mass is 10.1. The fraction of sp³-hybridized carbons (Fsp3) is 0.727. The van der Waals surface area contributed by atoms with E-state index in [2.05, 4.69) is 86.8 Å².